The summed E-state index contributed by atoms with van der Waals surface area (Å²) in [7, 11) is 0. The number of halogens is 1. The van der Waals surface area contributed by atoms with E-state index in [-0.39, 0.29) is 18.0 Å². The van der Waals surface area contributed by atoms with Gasteiger partial charge in [0.25, 0.3) is 0 Å². The van der Waals surface area contributed by atoms with E-state index in [2.05, 4.69) is 16.8 Å². The lowest BCUT2D eigenvalue weighted by Gasteiger charge is -2.25. The molecule has 3 rings (SSSR count). The minimum absolute atomic E-state index is 0.0799. The molecule has 0 bridgehead atoms. The predicted molar refractivity (Wildman–Crippen MR) is 86.4 cm³/mol. The first-order valence-electron chi connectivity index (χ1n) is 7.64. The van der Waals surface area contributed by atoms with Crippen LogP contribution in [-0.4, -0.2) is 29.1 Å². The van der Waals surface area contributed by atoms with Crippen LogP contribution in [0.3, 0.4) is 0 Å². The molecule has 1 fully saturated rings. The maximum Gasteiger partial charge on any atom is 0.127 e. The van der Waals surface area contributed by atoms with Crippen molar-refractivity contribution in [2.45, 2.75) is 39.0 Å². The number of aryl methyl sites for hydroxylation is 1. The van der Waals surface area contributed by atoms with E-state index in [1.54, 1.807) is 17.4 Å². The van der Waals surface area contributed by atoms with Gasteiger partial charge in [-0.15, -0.1) is 11.3 Å². The van der Waals surface area contributed by atoms with Crippen molar-refractivity contribution in [1.29, 1.82) is 0 Å². The maximum atomic E-state index is 13.9. The summed E-state index contributed by atoms with van der Waals surface area (Å²) in [6.45, 7) is 6.41. The van der Waals surface area contributed by atoms with Gasteiger partial charge in [0.1, 0.15) is 5.82 Å². The number of nitrogens with zero attached hydrogens (tertiary/aromatic N) is 2. The molecule has 118 valence electrons. The normalized spacial score (nSPS) is 20.4. The van der Waals surface area contributed by atoms with E-state index in [1.165, 1.54) is 6.07 Å². The van der Waals surface area contributed by atoms with E-state index in [9.17, 15) is 4.39 Å². The molecule has 0 radical (unpaired) electrons. The van der Waals surface area contributed by atoms with Crippen molar-refractivity contribution in [3.8, 4) is 0 Å². The smallest absolute Gasteiger partial charge is 0.127 e. The van der Waals surface area contributed by atoms with Crippen LogP contribution in [0.15, 0.2) is 29.6 Å². The van der Waals surface area contributed by atoms with E-state index >= 15 is 0 Å². The fraction of sp³-hybridized carbons (Fsp3) is 0.471. The summed E-state index contributed by atoms with van der Waals surface area (Å²) in [5, 5.41) is 3.11. The van der Waals surface area contributed by atoms with Gasteiger partial charge < -0.3 is 4.74 Å². The molecule has 2 atom stereocenters. The lowest BCUT2D eigenvalue weighted by Crippen LogP contribution is -2.27. The largest absolute Gasteiger partial charge is 0.371 e. The number of aromatic nitrogens is 1. The first kappa shape index (κ1) is 15.6. The number of likely N-dealkylation sites (tertiary alicyclic amines) is 1. The Balaban J connectivity index is 1.54. The fourth-order valence-electron chi connectivity index (χ4n) is 2.93. The van der Waals surface area contributed by atoms with Crippen LogP contribution >= 0.6 is 11.3 Å². The van der Waals surface area contributed by atoms with Crippen molar-refractivity contribution >= 4 is 11.3 Å². The Morgan fingerprint density at radius 2 is 2.27 bits per heavy atom. The average Bonchev–Trinajstić information content (AvgIpc) is 3.14. The summed E-state index contributed by atoms with van der Waals surface area (Å²) in [6, 6.07) is 7.10. The zero-order valence-corrected chi connectivity index (χ0v) is 13.8. The van der Waals surface area contributed by atoms with Gasteiger partial charge in [0.05, 0.1) is 23.4 Å². The highest BCUT2D eigenvalue weighted by molar-refractivity contribution is 7.09. The number of benzene rings is 1. The molecule has 0 saturated carbocycles. The number of thiazole rings is 1. The minimum Gasteiger partial charge on any atom is -0.371 e. The number of rotatable bonds is 5. The summed E-state index contributed by atoms with van der Waals surface area (Å²) in [5.74, 6) is -0.127. The molecule has 5 heteroatoms. The molecule has 1 aromatic carbocycles. The van der Waals surface area contributed by atoms with Crippen LogP contribution in [0.5, 0.6) is 0 Å². The molecular formula is C17H21FN2OS. The summed E-state index contributed by atoms with van der Waals surface area (Å²) < 4.78 is 19.9. The molecule has 1 aliphatic heterocycles. The van der Waals surface area contributed by atoms with Crippen LogP contribution in [0.4, 0.5) is 4.39 Å². The molecule has 1 aromatic heterocycles. The Bertz CT molecular complexity index is 631. The third-order valence-corrected chi connectivity index (χ3v) is 5.04. The van der Waals surface area contributed by atoms with Gasteiger partial charge in [-0.25, -0.2) is 9.37 Å². The molecule has 1 saturated heterocycles. The van der Waals surface area contributed by atoms with E-state index in [1.807, 2.05) is 24.4 Å². The lowest BCUT2D eigenvalue weighted by molar-refractivity contribution is 0.0420. The van der Waals surface area contributed by atoms with E-state index in [0.29, 0.717) is 6.61 Å². The summed E-state index contributed by atoms with van der Waals surface area (Å²) in [5.41, 5.74) is 1.77. The molecule has 0 amide bonds. The van der Waals surface area contributed by atoms with Crippen molar-refractivity contribution in [2.24, 2.45) is 0 Å². The monoisotopic (exact) mass is 320 g/mol. The molecule has 22 heavy (non-hydrogen) atoms. The van der Waals surface area contributed by atoms with Gasteiger partial charge in [-0.1, -0.05) is 18.2 Å². The molecule has 3 nitrogen and oxygen atoms in total. The van der Waals surface area contributed by atoms with Gasteiger partial charge in [-0.2, -0.15) is 0 Å². The van der Waals surface area contributed by atoms with Crippen LogP contribution in [0.2, 0.25) is 0 Å². The standard InChI is InChI=1S/C17H21FN2OS/c1-12(16-5-3-4-6-17(16)18)20-8-7-15(9-20)21-10-14-11-22-13(2)19-14/h3-6,11-12,15H,7-10H2,1-2H3/t12-,15-/m0/s1. The summed E-state index contributed by atoms with van der Waals surface area (Å²) in [4.78, 5) is 6.70. The van der Waals surface area contributed by atoms with Crippen molar-refractivity contribution in [1.82, 2.24) is 9.88 Å². The van der Waals surface area contributed by atoms with Crippen LogP contribution < -0.4 is 0 Å². The second kappa shape index (κ2) is 6.86. The highest BCUT2D eigenvalue weighted by Crippen LogP contribution is 2.27. The van der Waals surface area contributed by atoms with Gasteiger partial charge in [-0.3, -0.25) is 4.90 Å². The second-order valence-electron chi connectivity index (χ2n) is 5.77. The molecule has 0 unspecified atom stereocenters. The second-order valence-corrected chi connectivity index (χ2v) is 6.83. The van der Waals surface area contributed by atoms with Crippen molar-refractivity contribution in [2.75, 3.05) is 13.1 Å². The molecule has 2 aromatic rings. The highest BCUT2D eigenvalue weighted by atomic mass is 32.1. The number of hydrogen-bond donors (Lipinski definition) is 0. The SMILES string of the molecule is Cc1nc(CO[C@H]2CCN([C@@H](C)c3ccccc3F)C2)cs1. The van der Waals surface area contributed by atoms with Crippen molar-refractivity contribution in [3.05, 3.63) is 51.7 Å². The molecular weight excluding hydrogens is 299 g/mol. The van der Waals surface area contributed by atoms with Gasteiger partial charge >= 0.3 is 0 Å². The average molecular weight is 320 g/mol. The zero-order valence-electron chi connectivity index (χ0n) is 13.0. The third kappa shape index (κ3) is 3.54. The van der Waals surface area contributed by atoms with Crippen molar-refractivity contribution < 1.29 is 9.13 Å². The molecule has 0 N–H and O–H groups in total. The lowest BCUT2D eigenvalue weighted by atomic mass is 10.1. The molecule has 0 spiro atoms. The predicted octanol–water partition coefficient (Wildman–Crippen LogP) is 3.94. The minimum atomic E-state index is -0.127. The van der Waals surface area contributed by atoms with Crippen LogP contribution in [0, 0.1) is 12.7 Å². The highest BCUT2D eigenvalue weighted by Gasteiger charge is 2.28. The first-order chi connectivity index (χ1) is 10.6. The Morgan fingerprint density at radius 1 is 1.45 bits per heavy atom. The Morgan fingerprint density at radius 3 is 3.00 bits per heavy atom. The van der Waals surface area contributed by atoms with Crippen molar-refractivity contribution in [3.63, 3.8) is 0 Å². The Kier molecular flexibility index (Phi) is 4.86. The van der Waals surface area contributed by atoms with Gasteiger partial charge in [0, 0.05) is 30.1 Å². The molecule has 0 aliphatic carbocycles. The first-order valence-corrected chi connectivity index (χ1v) is 8.52. The van der Waals surface area contributed by atoms with E-state index in [4.69, 9.17) is 4.74 Å². The summed E-state index contributed by atoms with van der Waals surface area (Å²) in [6.07, 6.45) is 1.19. The maximum absolute atomic E-state index is 13.9. The van der Waals surface area contributed by atoms with E-state index in [0.717, 1.165) is 35.8 Å². The topological polar surface area (TPSA) is 25.4 Å². The number of ether oxygens (including phenoxy) is 1. The van der Waals surface area contributed by atoms with Gasteiger partial charge in [-0.05, 0) is 26.3 Å². The Labute approximate surface area is 134 Å². The van der Waals surface area contributed by atoms with E-state index < -0.39 is 0 Å². The van der Waals surface area contributed by atoms with Crippen LogP contribution in [0.1, 0.15) is 35.7 Å². The molecule has 1 aliphatic rings. The zero-order chi connectivity index (χ0) is 15.5. The van der Waals surface area contributed by atoms with Crippen LogP contribution in [-0.2, 0) is 11.3 Å². The third-order valence-electron chi connectivity index (χ3n) is 4.21. The Hall–Kier alpha value is -1.30. The fourth-order valence-corrected chi connectivity index (χ4v) is 3.53. The quantitative estimate of drug-likeness (QED) is 0.834. The summed E-state index contributed by atoms with van der Waals surface area (Å²) >= 11 is 1.65. The van der Waals surface area contributed by atoms with Gasteiger partial charge in [0.15, 0.2) is 0 Å². The van der Waals surface area contributed by atoms with Crippen LogP contribution in [0.25, 0.3) is 0 Å². The van der Waals surface area contributed by atoms with Gasteiger partial charge in [0.2, 0.25) is 0 Å². The number of hydrogen-bond acceptors (Lipinski definition) is 4. The molecule has 2 heterocycles.